The number of Topliss-reactive ketones (excluding diaryl/α,β-unsaturated/α-hetero) is 1. The topological polar surface area (TPSA) is 113 Å². The molecule has 10 heteroatoms. The highest BCUT2D eigenvalue weighted by molar-refractivity contribution is 9.11. The normalized spacial score (nSPS) is 11.1. The van der Waals surface area contributed by atoms with Gasteiger partial charge in [-0.15, -0.1) is 11.3 Å². The Kier molecular flexibility index (Phi) is 5.75. The third kappa shape index (κ3) is 4.41. The molecule has 128 valence electrons. The number of esters is 1. The largest absolute Gasteiger partial charge is 0.496 e. The molecule has 1 aromatic carbocycles. The highest BCUT2D eigenvalue weighted by atomic mass is 79.9. The molecule has 0 aliphatic heterocycles. The van der Waals surface area contributed by atoms with E-state index < -0.39 is 22.6 Å². The van der Waals surface area contributed by atoms with Crippen LogP contribution in [-0.2, 0) is 14.8 Å². The van der Waals surface area contributed by atoms with Crippen LogP contribution in [0.2, 0.25) is 0 Å². The molecule has 0 radical (unpaired) electrons. The van der Waals surface area contributed by atoms with Gasteiger partial charge < -0.3 is 9.47 Å². The SMILES string of the molecule is COc1ccc(S(N)(=O)=O)cc1C(=O)OCC(=O)c1ccc(Br)s1. The summed E-state index contributed by atoms with van der Waals surface area (Å²) in [5.74, 6) is -1.15. The van der Waals surface area contributed by atoms with Crippen LogP contribution in [0, 0.1) is 0 Å². The fourth-order valence-corrected chi connectivity index (χ4v) is 3.62. The molecule has 0 saturated heterocycles. The number of sulfonamides is 1. The fraction of sp³-hybridized carbons (Fsp3) is 0.143. The Morgan fingerprint density at radius 3 is 2.50 bits per heavy atom. The Bertz CT molecular complexity index is 890. The number of thiophene rings is 1. The average Bonchev–Trinajstić information content (AvgIpc) is 2.97. The minimum atomic E-state index is -3.99. The molecule has 0 amide bonds. The van der Waals surface area contributed by atoms with E-state index in [0.717, 1.165) is 9.85 Å². The molecule has 1 heterocycles. The molecule has 0 fully saturated rings. The summed E-state index contributed by atoms with van der Waals surface area (Å²) in [6.07, 6.45) is 0. The van der Waals surface area contributed by atoms with Crippen molar-refractivity contribution < 1.29 is 27.5 Å². The zero-order valence-corrected chi connectivity index (χ0v) is 15.5. The molecule has 7 nitrogen and oxygen atoms in total. The van der Waals surface area contributed by atoms with Crippen molar-refractivity contribution >= 4 is 49.0 Å². The minimum absolute atomic E-state index is 0.110. The standard InChI is InChI=1S/C14H12BrNO6S2/c1-21-11-3-2-8(24(16,19)20)6-9(11)14(18)22-7-10(17)12-4-5-13(15)23-12/h2-6H,7H2,1H3,(H2,16,19,20). The van der Waals surface area contributed by atoms with Gasteiger partial charge in [0.05, 0.1) is 20.7 Å². The summed E-state index contributed by atoms with van der Waals surface area (Å²) in [5, 5.41) is 5.04. The molecule has 0 saturated carbocycles. The van der Waals surface area contributed by atoms with E-state index in [4.69, 9.17) is 14.6 Å². The summed E-state index contributed by atoms with van der Waals surface area (Å²) in [5.41, 5.74) is -0.135. The summed E-state index contributed by atoms with van der Waals surface area (Å²) in [4.78, 5) is 24.3. The zero-order chi connectivity index (χ0) is 17.9. The number of nitrogens with two attached hydrogens (primary N) is 1. The number of primary sulfonamides is 1. The molecule has 0 unspecified atom stereocenters. The highest BCUT2D eigenvalue weighted by Crippen LogP contribution is 2.24. The lowest BCUT2D eigenvalue weighted by Gasteiger charge is -2.09. The van der Waals surface area contributed by atoms with Gasteiger partial charge >= 0.3 is 5.97 Å². The van der Waals surface area contributed by atoms with Gasteiger partial charge in [-0.05, 0) is 46.3 Å². The third-order valence-corrected chi connectivity index (χ3v) is 5.48. The van der Waals surface area contributed by atoms with Crippen LogP contribution >= 0.6 is 27.3 Å². The molecular formula is C14H12BrNO6S2. The molecule has 0 bridgehead atoms. The van der Waals surface area contributed by atoms with Gasteiger partial charge in [0.25, 0.3) is 0 Å². The molecule has 0 spiro atoms. The second kappa shape index (κ2) is 7.43. The van der Waals surface area contributed by atoms with Gasteiger partial charge in [-0.3, -0.25) is 4.79 Å². The van der Waals surface area contributed by atoms with Crippen LogP contribution < -0.4 is 9.88 Å². The molecule has 0 aliphatic carbocycles. The smallest absolute Gasteiger partial charge is 0.342 e. The number of hydrogen-bond donors (Lipinski definition) is 1. The quantitative estimate of drug-likeness (QED) is 0.551. The predicted octanol–water partition coefficient (Wildman–Crippen LogP) is 2.21. The number of methoxy groups -OCH3 is 1. The van der Waals surface area contributed by atoms with E-state index in [1.165, 1.54) is 30.6 Å². The fourth-order valence-electron chi connectivity index (χ4n) is 1.77. The molecular weight excluding hydrogens is 422 g/mol. The zero-order valence-electron chi connectivity index (χ0n) is 12.3. The van der Waals surface area contributed by atoms with Crippen molar-refractivity contribution in [3.05, 3.63) is 44.6 Å². The molecule has 2 rings (SSSR count). The van der Waals surface area contributed by atoms with Crippen LogP contribution in [0.1, 0.15) is 20.0 Å². The van der Waals surface area contributed by atoms with E-state index >= 15 is 0 Å². The molecule has 0 aliphatic rings. The van der Waals surface area contributed by atoms with Crippen molar-refractivity contribution in [1.29, 1.82) is 0 Å². The Morgan fingerprint density at radius 2 is 1.96 bits per heavy atom. The van der Waals surface area contributed by atoms with E-state index in [9.17, 15) is 18.0 Å². The number of halogens is 1. The van der Waals surface area contributed by atoms with Gasteiger partial charge in [0.1, 0.15) is 11.3 Å². The average molecular weight is 434 g/mol. The van der Waals surface area contributed by atoms with E-state index in [1.807, 2.05) is 0 Å². The molecule has 2 N–H and O–H groups in total. The minimum Gasteiger partial charge on any atom is -0.496 e. The van der Waals surface area contributed by atoms with E-state index in [2.05, 4.69) is 15.9 Å². The first kappa shape index (κ1) is 18.6. The maximum atomic E-state index is 12.1. The van der Waals surface area contributed by atoms with Crippen LogP contribution in [0.15, 0.2) is 39.0 Å². The van der Waals surface area contributed by atoms with Gasteiger partial charge in [0, 0.05) is 0 Å². The van der Waals surface area contributed by atoms with E-state index in [0.29, 0.717) is 4.88 Å². The number of benzene rings is 1. The Hall–Kier alpha value is -1.75. The van der Waals surface area contributed by atoms with Crippen molar-refractivity contribution in [1.82, 2.24) is 0 Å². The van der Waals surface area contributed by atoms with Gasteiger partial charge in [-0.2, -0.15) is 0 Å². The van der Waals surface area contributed by atoms with Gasteiger partial charge in [0.15, 0.2) is 6.61 Å². The van der Waals surface area contributed by atoms with Gasteiger partial charge in [-0.1, -0.05) is 0 Å². The lowest BCUT2D eigenvalue weighted by Crippen LogP contribution is -2.16. The third-order valence-electron chi connectivity index (χ3n) is 2.90. The van der Waals surface area contributed by atoms with Crippen molar-refractivity contribution in [3.63, 3.8) is 0 Å². The van der Waals surface area contributed by atoms with Crippen molar-refractivity contribution in [2.45, 2.75) is 4.90 Å². The number of hydrogen-bond acceptors (Lipinski definition) is 7. The van der Waals surface area contributed by atoms with Crippen LogP contribution in [0.4, 0.5) is 0 Å². The summed E-state index contributed by atoms with van der Waals surface area (Å²) in [6.45, 7) is -0.478. The maximum Gasteiger partial charge on any atom is 0.342 e. The lowest BCUT2D eigenvalue weighted by atomic mass is 10.2. The summed E-state index contributed by atoms with van der Waals surface area (Å²) >= 11 is 4.45. The summed E-state index contributed by atoms with van der Waals surface area (Å²) in [7, 11) is -2.67. The van der Waals surface area contributed by atoms with Gasteiger partial charge in [-0.25, -0.2) is 18.4 Å². The monoisotopic (exact) mass is 433 g/mol. The van der Waals surface area contributed by atoms with Crippen molar-refractivity contribution in [3.8, 4) is 5.75 Å². The first-order chi connectivity index (χ1) is 11.2. The number of carbonyl (C=O) groups excluding carboxylic acids is 2. The van der Waals surface area contributed by atoms with Crippen LogP contribution in [0.25, 0.3) is 0 Å². The first-order valence-corrected chi connectivity index (χ1v) is 9.54. The molecule has 24 heavy (non-hydrogen) atoms. The molecule has 2 aromatic rings. The summed E-state index contributed by atoms with van der Waals surface area (Å²) in [6, 6.07) is 6.85. The number of rotatable bonds is 6. The highest BCUT2D eigenvalue weighted by Gasteiger charge is 2.20. The molecule has 1 aromatic heterocycles. The Balaban J connectivity index is 2.18. The van der Waals surface area contributed by atoms with Crippen molar-refractivity contribution in [2.75, 3.05) is 13.7 Å². The predicted molar refractivity (Wildman–Crippen MR) is 91.0 cm³/mol. The summed E-state index contributed by atoms with van der Waals surface area (Å²) < 4.78 is 33.5. The Morgan fingerprint density at radius 1 is 1.25 bits per heavy atom. The number of ether oxygens (including phenoxy) is 2. The first-order valence-electron chi connectivity index (χ1n) is 6.39. The number of ketones is 1. The van der Waals surface area contributed by atoms with Crippen LogP contribution in [0.5, 0.6) is 5.75 Å². The van der Waals surface area contributed by atoms with Crippen LogP contribution in [0.3, 0.4) is 0 Å². The molecule has 0 atom stereocenters. The maximum absolute atomic E-state index is 12.1. The van der Waals surface area contributed by atoms with Crippen molar-refractivity contribution in [2.24, 2.45) is 5.14 Å². The lowest BCUT2D eigenvalue weighted by molar-refractivity contribution is 0.0472. The second-order valence-corrected chi connectivity index (χ2v) is 8.53. The number of carbonyl (C=O) groups is 2. The van der Waals surface area contributed by atoms with E-state index in [-0.39, 0.29) is 22.0 Å². The van der Waals surface area contributed by atoms with Gasteiger partial charge in [0.2, 0.25) is 15.8 Å². The van der Waals surface area contributed by atoms with Crippen LogP contribution in [-0.4, -0.2) is 33.9 Å². The van der Waals surface area contributed by atoms with E-state index in [1.54, 1.807) is 12.1 Å². The second-order valence-electron chi connectivity index (χ2n) is 4.51. The Labute approximate surface area is 150 Å².